The molecule has 108 valence electrons. The molecule has 2 aromatic carbocycles. The standard InChI is InChI=1S/C8H7NO2.C8H9NO/c10-9-7-5-11-8-4-2-1-3-6(7)8;9-7-5-10-8-4-2-1-3-6(7)8/h1-4,10H,5H2;1-4,7H,5,9H2/b9-7+;. The molecule has 0 fully saturated rings. The third-order valence-electron chi connectivity index (χ3n) is 3.42. The van der Waals surface area contributed by atoms with Gasteiger partial charge in [-0.2, -0.15) is 0 Å². The van der Waals surface area contributed by atoms with Gasteiger partial charge >= 0.3 is 0 Å². The van der Waals surface area contributed by atoms with Crippen LogP contribution in [0.15, 0.2) is 53.7 Å². The second kappa shape index (κ2) is 5.85. The summed E-state index contributed by atoms with van der Waals surface area (Å²) in [6.45, 7) is 0.995. The number of nitrogens with two attached hydrogens (primary N) is 1. The van der Waals surface area contributed by atoms with E-state index in [1.807, 2.05) is 48.5 Å². The van der Waals surface area contributed by atoms with E-state index in [2.05, 4.69) is 5.16 Å². The first-order valence-corrected chi connectivity index (χ1v) is 6.70. The number of hydrogen-bond acceptors (Lipinski definition) is 5. The Morgan fingerprint density at radius 3 is 2.48 bits per heavy atom. The lowest BCUT2D eigenvalue weighted by Gasteiger charge is -1.96. The quantitative estimate of drug-likeness (QED) is 0.575. The Morgan fingerprint density at radius 1 is 1.00 bits per heavy atom. The summed E-state index contributed by atoms with van der Waals surface area (Å²) in [5, 5.41) is 11.6. The van der Waals surface area contributed by atoms with Gasteiger partial charge < -0.3 is 20.4 Å². The minimum atomic E-state index is 0.0798. The van der Waals surface area contributed by atoms with Crippen molar-refractivity contribution in [2.24, 2.45) is 10.9 Å². The Kier molecular flexibility index (Phi) is 3.75. The van der Waals surface area contributed by atoms with E-state index in [1.54, 1.807) is 0 Å². The van der Waals surface area contributed by atoms with Gasteiger partial charge in [-0.1, -0.05) is 35.5 Å². The monoisotopic (exact) mass is 284 g/mol. The van der Waals surface area contributed by atoms with Crippen molar-refractivity contribution in [1.29, 1.82) is 0 Å². The van der Waals surface area contributed by atoms with Crippen LogP contribution in [0.2, 0.25) is 0 Å². The van der Waals surface area contributed by atoms with Crippen molar-refractivity contribution in [2.45, 2.75) is 6.04 Å². The first-order chi connectivity index (χ1) is 10.3. The van der Waals surface area contributed by atoms with E-state index in [1.165, 1.54) is 0 Å². The zero-order valence-corrected chi connectivity index (χ0v) is 11.4. The molecule has 21 heavy (non-hydrogen) atoms. The molecular weight excluding hydrogens is 268 g/mol. The van der Waals surface area contributed by atoms with Crippen LogP contribution in [0.4, 0.5) is 0 Å². The van der Waals surface area contributed by atoms with E-state index in [0.717, 1.165) is 22.6 Å². The Bertz CT molecular complexity index is 670. The molecule has 1 unspecified atom stereocenters. The van der Waals surface area contributed by atoms with Gasteiger partial charge in [-0.15, -0.1) is 0 Å². The molecule has 3 N–H and O–H groups in total. The minimum Gasteiger partial charge on any atom is -0.491 e. The molecule has 1 atom stereocenters. The van der Waals surface area contributed by atoms with Crippen molar-refractivity contribution < 1.29 is 14.7 Å². The summed E-state index contributed by atoms with van der Waals surface area (Å²) in [6.07, 6.45) is 0. The highest BCUT2D eigenvalue weighted by Crippen LogP contribution is 2.29. The van der Waals surface area contributed by atoms with Gasteiger partial charge in [0.1, 0.15) is 30.4 Å². The second-order valence-corrected chi connectivity index (χ2v) is 4.79. The molecular formula is C16H16N2O3. The Hall–Kier alpha value is -2.53. The topological polar surface area (TPSA) is 77.1 Å². The van der Waals surface area contributed by atoms with Crippen LogP contribution < -0.4 is 15.2 Å². The SMILES string of the molecule is NC1COc2ccccc21.O/N=C1\COc2ccccc21. The van der Waals surface area contributed by atoms with Crippen LogP contribution in [0.25, 0.3) is 0 Å². The van der Waals surface area contributed by atoms with Gasteiger partial charge in [0.15, 0.2) is 0 Å². The molecule has 2 heterocycles. The van der Waals surface area contributed by atoms with E-state index in [0.29, 0.717) is 18.9 Å². The Balaban J connectivity index is 0.000000126. The maximum Gasteiger partial charge on any atom is 0.134 e. The molecule has 0 radical (unpaired) electrons. The fourth-order valence-corrected chi connectivity index (χ4v) is 2.33. The Morgan fingerprint density at radius 2 is 1.71 bits per heavy atom. The lowest BCUT2D eigenvalue weighted by Crippen LogP contribution is -2.10. The first kappa shape index (κ1) is 13.5. The predicted octanol–water partition coefficient (Wildman–Crippen LogP) is 2.34. The highest BCUT2D eigenvalue weighted by Gasteiger charge is 2.19. The van der Waals surface area contributed by atoms with Crippen LogP contribution >= 0.6 is 0 Å². The first-order valence-electron chi connectivity index (χ1n) is 6.70. The number of benzene rings is 2. The molecule has 0 amide bonds. The smallest absolute Gasteiger partial charge is 0.134 e. The summed E-state index contributed by atoms with van der Waals surface area (Å²) >= 11 is 0. The molecule has 0 spiro atoms. The fourth-order valence-electron chi connectivity index (χ4n) is 2.33. The summed E-state index contributed by atoms with van der Waals surface area (Å²) < 4.78 is 10.5. The van der Waals surface area contributed by atoms with Gasteiger partial charge in [-0.3, -0.25) is 0 Å². The van der Waals surface area contributed by atoms with Crippen LogP contribution in [-0.4, -0.2) is 24.1 Å². The summed E-state index contributed by atoms with van der Waals surface area (Å²) in [7, 11) is 0. The third kappa shape index (κ3) is 2.68. The molecule has 4 rings (SSSR count). The number of hydrogen-bond donors (Lipinski definition) is 2. The zero-order chi connectivity index (χ0) is 14.7. The fraction of sp³-hybridized carbons (Fsp3) is 0.188. The zero-order valence-electron chi connectivity index (χ0n) is 11.4. The van der Waals surface area contributed by atoms with Crippen LogP contribution in [0.5, 0.6) is 11.5 Å². The summed E-state index contributed by atoms with van der Waals surface area (Å²) in [5.41, 5.74) is 8.33. The molecule has 0 saturated carbocycles. The highest BCUT2D eigenvalue weighted by molar-refractivity contribution is 6.05. The molecule has 2 aliphatic rings. The average Bonchev–Trinajstić information content (AvgIpc) is 3.12. The molecule has 0 saturated heterocycles. The van der Waals surface area contributed by atoms with Crippen LogP contribution in [0.1, 0.15) is 17.2 Å². The van der Waals surface area contributed by atoms with Gasteiger partial charge in [0, 0.05) is 11.1 Å². The van der Waals surface area contributed by atoms with Crippen molar-refractivity contribution >= 4 is 5.71 Å². The van der Waals surface area contributed by atoms with E-state index in [9.17, 15) is 0 Å². The number of oxime groups is 1. The lowest BCUT2D eigenvalue weighted by molar-refractivity contribution is 0.313. The maximum atomic E-state index is 8.52. The predicted molar refractivity (Wildman–Crippen MR) is 79.1 cm³/mol. The number of fused-ring (bicyclic) bond motifs is 2. The van der Waals surface area contributed by atoms with E-state index in [-0.39, 0.29) is 6.04 Å². The van der Waals surface area contributed by atoms with Gasteiger partial charge in [-0.05, 0) is 18.2 Å². The van der Waals surface area contributed by atoms with Crippen LogP contribution in [0.3, 0.4) is 0 Å². The van der Waals surface area contributed by atoms with Gasteiger partial charge in [0.05, 0.1) is 6.04 Å². The van der Waals surface area contributed by atoms with E-state index < -0.39 is 0 Å². The van der Waals surface area contributed by atoms with Crippen molar-refractivity contribution in [2.75, 3.05) is 13.2 Å². The summed E-state index contributed by atoms with van der Waals surface area (Å²) in [6, 6.07) is 15.5. The Labute approximate surface area is 122 Å². The number of ether oxygens (including phenoxy) is 2. The largest absolute Gasteiger partial charge is 0.491 e. The molecule has 5 heteroatoms. The van der Waals surface area contributed by atoms with Gasteiger partial charge in [0.2, 0.25) is 0 Å². The molecule has 0 bridgehead atoms. The maximum absolute atomic E-state index is 8.52. The van der Waals surface area contributed by atoms with E-state index >= 15 is 0 Å². The third-order valence-corrected chi connectivity index (χ3v) is 3.42. The minimum absolute atomic E-state index is 0.0798. The molecule has 2 aliphatic heterocycles. The summed E-state index contributed by atoms with van der Waals surface area (Å²) in [5.74, 6) is 1.73. The average molecular weight is 284 g/mol. The second-order valence-electron chi connectivity index (χ2n) is 4.79. The van der Waals surface area contributed by atoms with Gasteiger partial charge in [0.25, 0.3) is 0 Å². The number of para-hydroxylation sites is 2. The molecule has 0 aromatic heterocycles. The van der Waals surface area contributed by atoms with Gasteiger partial charge in [-0.25, -0.2) is 0 Å². The van der Waals surface area contributed by atoms with Crippen LogP contribution in [0, 0.1) is 0 Å². The molecule has 2 aromatic rings. The van der Waals surface area contributed by atoms with Crippen molar-refractivity contribution in [1.82, 2.24) is 0 Å². The lowest BCUT2D eigenvalue weighted by atomic mass is 10.1. The highest BCUT2D eigenvalue weighted by atomic mass is 16.5. The summed E-state index contributed by atoms with van der Waals surface area (Å²) in [4.78, 5) is 0. The normalized spacial score (nSPS) is 19.9. The molecule has 0 aliphatic carbocycles. The van der Waals surface area contributed by atoms with E-state index in [4.69, 9.17) is 20.4 Å². The van der Waals surface area contributed by atoms with Crippen LogP contribution in [-0.2, 0) is 0 Å². The number of rotatable bonds is 0. The number of nitrogens with zero attached hydrogens (tertiary/aromatic N) is 1. The van der Waals surface area contributed by atoms with Crippen molar-refractivity contribution in [3.63, 3.8) is 0 Å². The van der Waals surface area contributed by atoms with Crippen molar-refractivity contribution in [3.8, 4) is 11.5 Å². The molecule has 5 nitrogen and oxygen atoms in total. The van der Waals surface area contributed by atoms with Crippen molar-refractivity contribution in [3.05, 3.63) is 59.7 Å².